The highest BCUT2D eigenvalue weighted by molar-refractivity contribution is 5.48. The predicted octanol–water partition coefficient (Wildman–Crippen LogP) is 2.87. The molecule has 0 bridgehead atoms. The van der Waals surface area contributed by atoms with E-state index in [1.165, 1.54) is 0 Å². The summed E-state index contributed by atoms with van der Waals surface area (Å²) in [7, 11) is 1.64. The van der Waals surface area contributed by atoms with Crippen molar-refractivity contribution in [2.45, 2.75) is 20.0 Å². The number of rotatable bonds is 5. The number of aryl methyl sites for hydroxylation is 1. The summed E-state index contributed by atoms with van der Waals surface area (Å²) >= 11 is 0. The van der Waals surface area contributed by atoms with E-state index in [0.29, 0.717) is 0 Å². The number of hydrogen-bond donors (Lipinski definition) is 1. The van der Waals surface area contributed by atoms with Gasteiger partial charge in [0.15, 0.2) is 0 Å². The van der Waals surface area contributed by atoms with E-state index < -0.39 is 4.92 Å². The molecule has 0 saturated carbocycles. The van der Waals surface area contributed by atoms with Gasteiger partial charge in [-0.25, -0.2) is 4.98 Å². The summed E-state index contributed by atoms with van der Waals surface area (Å²) in [5.74, 6) is 0.251. The fourth-order valence-corrected chi connectivity index (χ4v) is 1.90. The summed E-state index contributed by atoms with van der Waals surface area (Å²) in [6, 6.07) is 9.45. The minimum Gasteiger partial charge on any atom is -0.465 e. The van der Waals surface area contributed by atoms with Crippen molar-refractivity contribution >= 4 is 11.6 Å². The minimum absolute atomic E-state index is 0.0341. The van der Waals surface area contributed by atoms with Gasteiger partial charge in [-0.05, 0) is 19.4 Å². The van der Waals surface area contributed by atoms with Crippen molar-refractivity contribution in [3.8, 4) is 5.88 Å². The first-order valence-corrected chi connectivity index (χ1v) is 6.45. The van der Waals surface area contributed by atoms with Crippen molar-refractivity contribution in [2.24, 2.45) is 0 Å². The molecule has 1 N–H and O–H groups in total. The Hall–Kier alpha value is -2.70. The number of aromatic nitrogens is 2. The summed E-state index contributed by atoms with van der Waals surface area (Å²) in [6.45, 7) is 3.37. The molecule has 21 heavy (non-hydrogen) atoms. The molecule has 1 aromatic heterocycles. The van der Waals surface area contributed by atoms with Crippen LogP contribution in [-0.2, 0) is 0 Å². The molecular formula is C14H16N4O3. The van der Waals surface area contributed by atoms with Gasteiger partial charge in [0.05, 0.1) is 4.92 Å². The molecule has 1 heterocycles. The first-order valence-electron chi connectivity index (χ1n) is 6.45. The molecule has 1 unspecified atom stereocenters. The topological polar surface area (TPSA) is 90.2 Å². The molecule has 7 nitrogen and oxygen atoms in total. The van der Waals surface area contributed by atoms with E-state index >= 15 is 0 Å². The van der Waals surface area contributed by atoms with Crippen LogP contribution < -0.4 is 10.1 Å². The molecule has 2 rings (SSSR count). The average Bonchev–Trinajstić information content (AvgIpc) is 2.47. The van der Waals surface area contributed by atoms with E-state index in [4.69, 9.17) is 4.74 Å². The Morgan fingerprint density at radius 1 is 1.29 bits per heavy atom. The lowest BCUT2D eigenvalue weighted by Crippen LogP contribution is -2.10. The zero-order chi connectivity index (χ0) is 15.4. The standard InChI is InChI=1S/C14H16N4O3/c1-9-12(18(19)20)13(17-14(15-3)16-9)21-10(2)11-7-5-4-6-8-11/h4-8,10H,1-3H3,(H,15,16,17). The molecule has 0 aliphatic rings. The van der Waals surface area contributed by atoms with Crippen LogP contribution in [0.25, 0.3) is 0 Å². The molecular weight excluding hydrogens is 272 g/mol. The van der Waals surface area contributed by atoms with Gasteiger partial charge < -0.3 is 10.1 Å². The van der Waals surface area contributed by atoms with Gasteiger partial charge in [-0.1, -0.05) is 30.3 Å². The number of benzene rings is 1. The highest BCUT2D eigenvalue weighted by Gasteiger charge is 2.25. The summed E-state index contributed by atoms with van der Waals surface area (Å²) in [5, 5.41) is 13.9. The average molecular weight is 288 g/mol. The minimum atomic E-state index is -0.526. The van der Waals surface area contributed by atoms with E-state index in [1.54, 1.807) is 14.0 Å². The van der Waals surface area contributed by atoms with Crippen LogP contribution in [0.4, 0.5) is 11.6 Å². The van der Waals surface area contributed by atoms with E-state index in [0.717, 1.165) is 5.56 Å². The van der Waals surface area contributed by atoms with Crippen LogP contribution in [0.1, 0.15) is 24.3 Å². The molecule has 0 fully saturated rings. The lowest BCUT2D eigenvalue weighted by molar-refractivity contribution is -0.387. The third-order valence-electron chi connectivity index (χ3n) is 2.99. The van der Waals surface area contributed by atoms with Gasteiger partial charge in [-0.3, -0.25) is 10.1 Å². The maximum Gasteiger partial charge on any atom is 0.352 e. The highest BCUT2D eigenvalue weighted by Crippen LogP contribution is 2.32. The Morgan fingerprint density at radius 3 is 2.52 bits per heavy atom. The maximum absolute atomic E-state index is 11.2. The van der Waals surface area contributed by atoms with Crippen LogP contribution >= 0.6 is 0 Å². The zero-order valence-corrected chi connectivity index (χ0v) is 12.0. The van der Waals surface area contributed by atoms with E-state index in [1.807, 2.05) is 37.3 Å². The lowest BCUT2D eigenvalue weighted by atomic mass is 10.1. The summed E-state index contributed by atoms with van der Waals surface area (Å²) < 4.78 is 5.68. The Bertz CT molecular complexity index is 646. The molecule has 1 aromatic carbocycles. The quantitative estimate of drug-likeness (QED) is 0.672. The van der Waals surface area contributed by atoms with E-state index in [9.17, 15) is 10.1 Å². The van der Waals surface area contributed by atoms with Crippen LogP contribution in [0.15, 0.2) is 30.3 Å². The van der Waals surface area contributed by atoms with Crippen LogP contribution in [0.2, 0.25) is 0 Å². The molecule has 0 radical (unpaired) electrons. The molecule has 0 aliphatic heterocycles. The summed E-state index contributed by atoms with van der Waals surface area (Å²) in [6.07, 6.45) is -0.357. The largest absolute Gasteiger partial charge is 0.465 e. The summed E-state index contributed by atoms with van der Waals surface area (Å²) in [5.41, 5.74) is 0.959. The summed E-state index contributed by atoms with van der Waals surface area (Å²) in [4.78, 5) is 18.7. The molecule has 0 amide bonds. The van der Waals surface area contributed by atoms with Gasteiger partial charge in [-0.2, -0.15) is 4.98 Å². The van der Waals surface area contributed by atoms with Crippen molar-refractivity contribution in [3.63, 3.8) is 0 Å². The smallest absolute Gasteiger partial charge is 0.352 e. The second-order valence-electron chi connectivity index (χ2n) is 4.46. The zero-order valence-electron chi connectivity index (χ0n) is 12.0. The van der Waals surface area contributed by atoms with Crippen LogP contribution in [0, 0.1) is 17.0 Å². The van der Waals surface area contributed by atoms with Crippen LogP contribution in [0.5, 0.6) is 5.88 Å². The first kappa shape index (κ1) is 14.7. The molecule has 2 aromatic rings. The van der Waals surface area contributed by atoms with Gasteiger partial charge in [0.2, 0.25) is 5.95 Å². The maximum atomic E-state index is 11.2. The van der Waals surface area contributed by atoms with E-state index in [2.05, 4.69) is 15.3 Å². The van der Waals surface area contributed by atoms with Crippen molar-refractivity contribution in [2.75, 3.05) is 12.4 Å². The van der Waals surface area contributed by atoms with Gasteiger partial charge in [0.25, 0.3) is 5.88 Å². The number of nitrogens with zero attached hydrogens (tertiary/aromatic N) is 3. The van der Waals surface area contributed by atoms with Crippen molar-refractivity contribution in [3.05, 3.63) is 51.7 Å². The highest BCUT2D eigenvalue weighted by atomic mass is 16.6. The second kappa shape index (κ2) is 6.17. The fourth-order valence-electron chi connectivity index (χ4n) is 1.90. The number of nitrogens with one attached hydrogen (secondary N) is 1. The Kier molecular flexibility index (Phi) is 4.32. The first-order chi connectivity index (χ1) is 10.0. The third-order valence-corrected chi connectivity index (χ3v) is 2.99. The Labute approximate surface area is 122 Å². The van der Waals surface area contributed by atoms with Crippen molar-refractivity contribution in [1.82, 2.24) is 9.97 Å². The SMILES string of the molecule is CNc1nc(C)c([N+](=O)[O-])c(OC(C)c2ccccc2)n1. The van der Waals surface area contributed by atoms with Gasteiger partial charge in [-0.15, -0.1) is 0 Å². The number of anilines is 1. The van der Waals surface area contributed by atoms with E-state index in [-0.39, 0.29) is 29.3 Å². The van der Waals surface area contributed by atoms with Crippen LogP contribution in [-0.4, -0.2) is 21.9 Å². The monoisotopic (exact) mass is 288 g/mol. The van der Waals surface area contributed by atoms with Crippen LogP contribution in [0.3, 0.4) is 0 Å². The predicted molar refractivity (Wildman–Crippen MR) is 78.5 cm³/mol. The van der Waals surface area contributed by atoms with Gasteiger partial charge in [0, 0.05) is 7.05 Å². The Balaban J connectivity index is 2.38. The number of ether oxygens (including phenoxy) is 1. The second-order valence-corrected chi connectivity index (χ2v) is 4.46. The molecule has 0 spiro atoms. The molecule has 0 saturated heterocycles. The Morgan fingerprint density at radius 2 is 1.95 bits per heavy atom. The number of hydrogen-bond acceptors (Lipinski definition) is 6. The lowest BCUT2D eigenvalue weighted by Gasteiger charge is -2.15. The normalized spacial score (nSPS) is 11.8. The molecule has 110 valence electrons. The fraction of sp³-hybridized carbons (Fsp3) is 0.286. The number of nitro groups is 1. The van der Waals surface area contributed by atoms with Gasteiger partial charge >= 0.3 is 5.69 Å². The van der Waals surface area contributed by atoms with Gasteiger partial charge in [0.1, 0.15) is 11.8 Å². The molecule has 7 heteroatoms. The van der Waals surface area contributed by atoms with Crippen molar-refractivity contribution < 1.29 is 9.66 Å². The third kappa shape index (κ3) is 3.25. The van der Waals surface area contributed by atoms with Crippen molar-refractivity contribution in [1.29, 1.82) is 0 Å². The molecule has 1 atom stereocenters. The molecule has 0 aliphatic carbocycles.